The molecule has 0 aliphatic rings. The predicted octanol–water partition coefficient (Wildman–Crippen LogP) is 5.62. The molecule has 27 heavy (non-hydrogen) atoms. The number of hydrogen-bond donors (Lipinski definition) is 0. The lowest BCUT2D eigenvalue weighted by Crippen LogP contribution is -2.38. The molecule has 0 spiro atoms. The van der Waals surface area contributed by atoms with Gasteiger partial charge in [0.05, 0.1) is 6.54 Å². The summed E-state index contributed by atoms with van der Waals surface area (Å²) in [6.07, 6.45) is 5.04. The Morgan fingerprint density at radius 3 is 2.41 bits per heavy atom. The highest BCUT2D eigenvalue weighted by atomic mass is 19.1. The van der Waals surface area contributed by atoms with Crippen molar-refractivity contribution in [1.82, 2.24) is 4.90 Å². The SMILES string of the molecule is C=C/C(C)=C\C(=C/C)OCCN(Cc1ccc(F)cc1)C(=O)OC(C)(C)C. The molecule has 1 aromatic rings. The third kappa shape index (κ3) is 9.08. The van der Waals surface area contributed by atoms with Crippen LogP contribution in [0.15, 0.2) is 60.4 Å². The molecule has 1 rings (SSSR count). The number of amides is 1. The lowest BCUT2D eigenvalue weighted by molar-refractivity contribution is 0.0191. The van der Waals surface area contributed by atoms with Gasteiger partial charge >= 0.3 is 6.09 Å². The molecule has 1 aromatic carbocycles. The second-order valence-corrected chi connectivity index (χ2v) is 7.16. The van der Waals surface area contributed by atoms with E-state index < -0.39 is 11.7 Å². The molecule has 0 aliphatic heterocycles. The maximum absolute atomic E-state index is 13.1. The molecule has 148 valence electrons. The van der Waals surface area contributed by atoms with E-state index in [0.717, 1.165) is 11.1 Å². The summed E-state index contributed by atoms with van der Waals surface area (Å²) in [4.78, 5) is 14.1. The third-order valence-electron chi connectivity index (χ3n) is 3.54. The van der Waals surface area contributed by atoms with Crippen molar-refractivity contribution in [3.05, 3.63) is 71.8 Å². The first kappa shape index (κ1) is 22.5. The van der Waals surface area contributed by atoms with Crippen LogP contribution in [-0.2, 0) is 16.0 Å². The minimum Gasteiger partial charge on any atom is -0.492 e. The van der Waals surface area contributed by atoms with Gasteiger partial charge in [-0.05, 0) is 70.0 Å². The Labute approximate surface area is 162 Å². The summed E-state index contributed by atoms with van der Waals surface area (Å²) < 4.78 is 24.4. The first-order valence-electron chi connectivity index (χ1n) is 8.97. The van der Waals surface area contributed by atoms with Crippen molar-refractivity contribution >= 4 is 6.09 Å². The van der Waals surface area contributed by atoms with Crippen LogP contribution in [-0.4, -0.2) is 29.7 Å². The minimum absolute atomic E-state index is 0.307. The van der Waals surface area contributed by atoms with E-state index >= 15 is 0 Å². The van der Waals surface area contributed by atoms with E-state index in [1.807, 2.05) is 46.8 Å². The molecule has 0 saturated heterocycles. The Bertz CT molecular complexity index is 685. The zero-order valence-electron chi connectivity index (χ0n) is 16.9. The van der Waals surface area contributed by atoms with Crippen LogP contribution in [0.3, 0.4) is 0 Å². The van der Waals surface area contributed by atoms with Gasteiger partial charge in [-0.2, -0.15) is 0 Å². The Morgan fingerprint density at radius 2 is 1.89 bits per heavy atom. The smallest absolute Gasteiger partial charge is 0.410 e. The number of carbonyl (C=O) groups is 1. The highest BCUT2D eigenvalue weighted by molar-refractivity contribution is 5.68. The van der Waals surface area contributed by atoms with Crippen molar-refractivity contribution in [2.45, 2.75) is 46.8 Å². The number of benzene rings is 1. The van der Waals surface area contributed by atoms with Crippen LogP contribution in [0.5, 0.6) is 0 Å². The fourth-order valence-electron chi connectivity index (χ4n) is 2.14. The van der Waals surface area contributed by atoms with Crippen LogP contribution < -0.4 is 0 Å². The molecule has 0 aromatic heterocycles. The number of allylic oxidation sites excluding steroid dienone is 4. The van der Waals surface area contributed by atoms with Gasteiger partial charge in [0, 0.05) is 6.54 Å². The Hall–Kier alpha value is -2.56. The molecule has 4 nitrogen and oxygen atoms in total. The second-order valence-electron chi connectivity index (χ2n) is 7.16. The minimum atomic E-state index is -0.600. The lowest BCUT2D eigenvalue weighted by Gasteiger charge is -2.27. The number of carbonyl (C=O) groups excluding carboxylic acids is 1. The fraction of sp³-hybridized carbons (Fsp3) is 0.409. The Morgan fingerprint density at radius 1 is 1.26 bits per heavy atom. The van der Waals surface area contributed by atoms with Crippen molar-refractivity contribution in [2.75, 3.05) is 13.2 Å². The topological polar surface area (TPSA) is 38.8 Å². The Balaban J connectivity index is 2.80. The van der Waals surface area contributed by atoms with Gasteiger partial charge in [-0.15, -0.1) is 0 Å². The first-order chi connectivity index (χ1) is 12.6. The normalized spacial score (nSPS) is 12.5. The van der Waals surface area contributed by atoms with Gasteiger partial charge in [-0.25, -0.2) is 9.18 Å². The summed E-state index contributed by atoms with van der Waals surface area (Å²) in [6, 6.07) is 6.06. The van der Waals surface area contributed by atoms with Gasteiger partial charge in [-0.1, -0.05) is 24.8 Å². The molecule has 1 amide bonds. The largest absolute Gasteiger partial charge is 0.492 e. The highest BCUT2D eigenvalue weighted by Gasteiger charge is 2.22. The molecule has 0 atom stereocenters. The van der Waals surface area contributed by atoms with E-state index in [4.69, 9.17) is 9.47 Å². The molecule has 0 unspecified atom stereocenters. The zero-order chi connectivity index (χ0) is 20.4. The molecule has 0 bridgehead atoms. The van der Waals surface area contributed by atoms with E-state index in [9.17, 15) is 9.18 Å². The molecular formula is C22H30FNO3. The molecule has 0 heterocycles. The van der Waals surface area contributed by atoms with Crippen molar-refractivity contribution in [3.8, 4) is 0 Å². The maximum atomic E-state index is 13.1. The van der Waals surface area contributed by atoms with Crippen molar-refractivity contribution in [2.24, 2.45) is 0 Å². The van der Waals surface area contributed by atoms with Gasteiger partial charge in [0.1, 0.15) is 23.8 Å². The number of ether oxygens (including phenoxy) is 2. The summed E-state index contributed by atoms with van der Waals surface area (Å²) in [7, 11) is 0. The van der Waals surface area contributed by atoms with E-state index in [0.29, 0.717) is 25.5 Å². The van der Waals surface area contributed by atoms with E-state index in [2.05, 4.69) is 6.58 Å². The van der Waals surface area contributed by atoms with Crippen LogP contribution >= 0.6 is 0 Å². The lowest BCUT2D eigenvalue weighted by atomic mass is 10.2. The summed E-state index contributed by atoms with van der Waals surface area (Å²) >= 11 is 0. The summed E-state index contributed by atoms with van der Waals surface area (Å²) in [5.41, 5.74) is 1.20. The first-order valence-corrected chi connectivity index (χ1v) is 8.97. The maximum Gasteiger partial charge on any atom is 0.410 e. The van der Waals surface area contributed by atoms with Crippen LogP contribution in [0.25, 0.3) is 0 Å². The van der Waals surface area contributed by atoms with Crippen LogP contribution in [0, 0.1) is 5.82 Å². The molecule has 0 saturated carbocycles. The molecular weight excluding hydrogens is 345 g/mol. The number of hydrogen-bond acceptors (Lipinski definition) is 3. The molecule has 0 fully saturated rings. The average Bonchev–Trinajstić information content (AvgIpc) is 2.59. The third-order valence-corrected chi connectivity index (χ3v) is 3.54. The second kappa shape index (κ2) is 10.6. The summed E-state index contributed by atoms with van der Waals surface area (Å²) in [6.45, 7) is 13.9. The van der Waals surface area contributed by atoms with Gasteiger partial charge in [0.25, 0.3) is 0 Å². The molecule has 5 heteroatoms. The zero-order valence-corrected chi connectivity index (χ0v) is 16.9. The van der Waals surface area contributed by atoms with Gasteiger partial charge in [0.2, 0.25) is 0 Å². The van der Waals surface area contributed by atoms with Crippen molar-refractivity contribution in [3.63, 3.8) is 0 Å². The number of nitrogens with zero attached hydrogens (tertiary/aromatic N) is 1. The Kier molecular flexibility index (Phi) is 8.79. The van der Waals surface area contributed by atoms with Gasteiger partial charge in [0.15, 0.2) is 0 Å². The number of rotatable bonds is 8. The number of halogens is 1. The standard InChI is InChI=1S/C22H30FNO3/c1-7-17(3)15-20(8-2)26-14-13-24(21(25)27-22(4,5)6)16-18-9-11-19(23)12-10-18/h7-12,15H,1,13-14,16H2,2-6H3/b17-15-,20-8+. The summed E-state index contributed by atoms with van der Waals surface area (Å²) in [5.74, 6) is 0.395. The van der Waals surface area contributed by atoms with Crippen LogP contribution in [0.4, 0.5) is 9.18 Å². The summed E-state index contributed by atoms with van der Waals surface area (Å²) in [5, 5.41) is 0. The molecule has 0 aliphatic carbocycles. The van der Waals surface area contributed by atoms with E-state index in [1.165, 1.54) is 12.1 Å². The van der Waals surface area contributed by atoms with Crippen LogP contribution in [0.1, 0.15) is 40.2 Å². The van der Waals surface area contributed by atoms with Crippen LogP contribution in [0.2, 0.25) is 0 Å². The van der Waals surface area contributed by atoms with E-state index in [1.54, 1.807) is 23.1 Å². The van der Waals surface area contributed by atoms with E-state index in [-0.39, 0.29) is 5.82 Å². The van der Waals surface area contributed by atoms with Crippen molar-refractivity contribution < 1.29 is 18.7 Å². The van der Waals surface area contributed by atoms with Gasteiger partial charge in [-0.3, -0.25) is 0 Å². The van der Waals surface area contributed by atoms with Gasteiger partial charge < -0.3 is 14.4 Å². The molecule has 0 N–H and O–H groups in total. The average molecular weight is 375 g/mol. The predicted molar refractivity (Wildman–Crippen MR) is 107 cm³/mol. The molecule has 0 radical (unpaired) electrons. The monoisotopic (exact) mass is 375 g/mol. The highest BCUT2D eigenvalue weighted by Crippen LogP contribution is 2.14. The fourth-order valence-corrected chi connectivity index (χ4v) is 2.14. The quantitative estimate of drug-likeness (QED) is 0.437. The van der Waals surface area contributed by atoms with Crippen molar-refractivity contribution in [1.29, 1.82) is 0 Å².